The van der Waals surface area contributed by atoms with Gasteiger partial charge in [0.05, 0.1) is 17.3 Å². The standard InChI is InChI=1S/C11H16BrNO3/c1-3-5-11(2,10(14)15)13-7-9-8(12)4-6-16-9/h4,6,13H,3,5,7H2,1-2H3,(H,14,15). The summed E-state index contributed by atoms with van der Waals surface area (Å²) in [5, 5.41) is 12.2. The first-order valence-corrected chi connectivity index (χ1v) is 5.99. The minimum atomic E-state index is -0.902. The lowest BCUT2D eigenvalue weighted by atomic mass is 9.96. The molecule has 2 N–H and O–H groups in total. The molecule has 0 fully saturated rings. The predicted octanol–water partition coefficient (Wildman–Crippen LogP) is 2.78. The molecule has 1 heterocycles. The number of hydrogen-bond acceptors (Lipinski definition) is 3. The van der Waals surface area contributed by atoms with E-state index in [1.54, 1.807) is 19.3 Å². The molecule has 0 aliphatic heterocycles. The topological polar surface area (TPSA) is 62.5 Å². The molecule has 0 aliphatic rings. The average molecular weight is 290 g/mol. The van der Waals surface area contributed by atoms with Crippen molar-refractivity contribution in [3.05, 3.63) is 22.6 Å². The molecule has 4 nitrogen and oxygen atoms in total. The molecule has 90 valence electrons. The van der Waals surface area contributed by atoms with Gasteiger partial charge in [0.15, 0.2) is 0 Å². The van der Waals surface area contributed by atoms with Gasteiger partial charge in [0, 0.05) is 0 Å². The second kappa shape index (κ2) is 5.50. The Bertz CT molecular complexity index is 364. The van der Waals surface area contributed by atoms with E-state index >= 15 is 0 Å². The van der Waals surface area contributed by atoms with Crippen molar-refractivity contribution in [2.24, 2.45) is 0 Å². The number of nitrogens with one attached hydrogen (secondary N) is 1. The third kappa shape index (κ3) is 3.09. The number of furan rings is 1. The zero-order valence-electron chi connectivity index (χ0n) is 9.42. The van der Waals surface area contributed by atoms with Crippen LogP contribution in [-0.4, -0.2) is 16.6 Å². The molecule has 0 aliphatic carbocycles. The first-order valence-electron chi connectivity index (χ1n) is 5.20. The minimum Gasteiger partial charge on any atom is -0.480 e. The Labute approximate surface area is 103 Å². The summed E-state index contributed by atoms with van der Waals surface area (Å²) >= 11 is 3.33. The maximum absolute atomic E-state index is 11.2. The van der Waals surface area contributed by atoms with Crippen molar-refractivity contribution in [2.45, 2.75) is 38.8 Å². The van der Waals surface area contributed by atoms with Gasteiger partial charge in [-0.1, -0.05) is 13.3 Å². The van der Waals surface area contributed by atoms with Crippen LogP contribution in [0.4, 0.5) is 0 Å². The summed E-state index contributed by atoms with van der Waals surface area (Å²) in [6.45, 7) is 4.05. The summed E-state index contributed by atoms with van der Waals surface area (Å²) in [7, 11) is 0. The van der Waals surface area contributed by atoms with Gasteiger partial charge in [-0.15, -0.1) is 0 Å². The third-order valence-electron chi connectivity index (χ3n) is 2.55. The molecular weight excluding hydrogens is 274 g/mol. The number of rotatable bonds is 6. The fourth-order valence-corrected chi connectivity index (χ4v) is 1.84. The van der Waals surface area contributed by atoms with Gasteiger partial charge in [0.1, 0.15) is 11.3 Å². The summed E-state index contributed by atoms with van der Waals surface area (Å²) in [6.07, 6.45) is 2.97. The van der Waals surface area contributed by atoms with Gasteiger partial charge < -0.3 is 9.52 Å². The Balaban J connectivity index is 2.64. The lowest BCUT2D eigenvalue weighted by molar-refractivity contribution is -0.144. The maximum atomic E-state index is 11.2. The van der Waals surface area contributed by atoms with Gasteiger partial charge in [-0.3, -0.25) is 10.1 Å². The Kier molecular flexibility index (Phi) is 4.56. The SMILES string of the molecule is CCCC(C)(NCc1occc1Br)C(=O)O. The second-order valence-corrected chi connectivity index (χ2v) is 4.79. The zero-order valence-corrected chi connectivity index (χ0v) is 11.0. The van der Waals surface area contributed by atoms with Gasteiger partial charge in [-0.2, -0.15) is 0 Å². The molecule has 16 heavy (non-hydrogen) atoms. The van der Waals surface area contributed by atoms with Gasteiger partial charge in [0.25, 0.3) is 0 Å². The van der Waals surface area contributed by atoms with E-state index in [2.05, 4.69) is 21.2 Å². The Morgan fingerprint density at radius 2 is 2.38 bits per heavy atom. The number of carboxylic acids is 1. The van der Waals surface area contributed by atoms with Gasteiger partial charge in [-0.05, 0) is 35.3 Å². The van der Waals surface area contributed by atoms with Crippen LogP contribution in [0.5, 0.6) is 0 Å². The summed E-state index contributed by atoms with van der Waals surface area (Å²) in [5.74, 6) is -0.124. The van der Waals surface area contributed by atoms with Crippen molar-refractivity contribution in [1.82, 2.24) is 5.32 Å². The molecule has 1 rings (SSSR count). The van der Waals surface area contributed by atoms with Crippen LogP contribution in [0.1, 0.15) is 32.4 Å². The maximum Gasteiger partial charge on any atom is 0.323 e. The summed E-state index contributed by atoms with van der Waals surface area (Å²) in [4.78, 5) is 11.2. The van der Waals surface area contributed by atoms with E-state index in [0.717, 1.165) is 10.9 Å². The minimum absolute atomic E-state index is 0.399. The Morgan fingerprint density at radius 1 is 1.69 bits per heavy atom. The van der Waals surface area contributed by atoms with Crippen LogP contribution in [0.2, 0.25) is 0 Å². The number of hydrogen-bond donors (Lipinski definition) is 2. The van der Waals surface area contributed by atoms with Crippen LogP contribution in [0.15, 0.2) is 21.2 Å². The van der Waals surface area contributed by atoms with Crippen molar-refractivity contribution < 1.29 is 14.3 Å². The quantitative estimate of drug-likeness (QED) is 0.845. The predicted molar refractivity (Wildman–Crippen MR) is 64.2 cm³/mol. The lowest BCUT2D eigenvalue weighted by Crippen LogP contribution is -2.48. The van der Waals surface area contributed by atoms with Crippen LogP contribution in [-0.2, 0) is 11.3 Å². The summed E-state index contributed by atoms with van der Waals surface area (Å²) in [5.41, 5.74) is -0.902. The summed E-state index contributed by atoms with van der Waals surface area (Å²) in [6, 6.07) is 1.79. The highest BCUT2D eigenvalue weighted by atomic mass is 79.9. The van der Waals surface area contributed by atoms with Crippen molar-refractivity contribution in [1.29, 1.82) is 0 Å². The average Bonchev–Trinajstić information content (AvgIpc) is 2.61. The van der Waals surface area contributed by atoms with Crippen molar-refractivity contribution in [3.8, 4) is 0 Å². The highest BCUT2D eigenvalue weighted by Crippen LogP contribution is 2.19. The molecule has 0 amide bonds. The van der Waals surface area contributed by atoms with Crippen molar-refractivity contribution >= 4 is 21.9 Å². The smallest absolute Gasteiger partial charge is 0.323 e. The monoisotopic (exact) mass is 289 g/mol. The van der Waals surface area contributed by atoms with E-state index in [1.807, 2.05) is 6.92 Å². The molecule has 0 aromatic carbocycles. The van der Waals surface area contributed by atoms with Gasteiger partial charge in [0.2, 0.25) is 0 Å². The molecule has 1 aromatic heterocycles. The van der Waals surface area contributed by atoms with E-state index in [1.165, 1.54) is 0 Å². The number of halogens is 1. The molecule has 1 unspecified atom stereocenters. The highest BCUT2D eigenvalue weighted by molar-refractivity contribution is 9.10. The first-order chi connectivity index (χ1) is 7.49. The fourth-order valence-electron chi connectivity index (χ4n) is 1.50. The Morgan fingerprint density at radius 3 is 2.81 bits per heavy atom. The number of carboxylic acid groups (broad SMARTS) is 1. The van der Waals surface area contributed by atoms with Crippen LogP contribution in [0.3, 0.4) is 0 Å². The lowest BCUT2D eigenvalue weighted by Gasteiger charge is -2.25. The second-order valence-electron chi connectivity index (χ2n) is 3.93. The van der Waals surface area contributed by atoms with E-state index in [4.69, 9.17) is 9.52 Å². The zero-order chi connectivity index (χ0) is 12.2. The normalized spacial score (nSPS) is 14.7. The Hall–Kier alpha value is -0.810. The molecule has 0 saturated carbocycles. The molecule has 5 heteroatoms. The van der Waals surface area contributed by atoms with Crippen LogP contribution >= 0.6 is 15.9 Å². The van der Waals surface area contributed by atoms with Crippen molar-refractivity contribution in [2.75, 3.05) is 0 Å². The van der Waals surface area contributed by atoms with E-state index in [0.29, 0.717) is 18.7 Å². The van der Waals surface area contributed by atoms with Gasteiger partial charge >= 0.3 is 5.97 Å². The highest BCUT2D eigenvalue weighted by Gasteiger charge is 2.31. The van der Waals surface area contributed by atoms with E-state index in [9.17, 15) is 4.79 Å². The molecule has 1 aromatic rings. The van der Waals surface area contributed by atoms with Crippen LogP contribution < -0.4 is 5.32 Å². The van der Waals surface area contributed by atoms with Crippen molar-refractivity contribution in [3.63, 3.8) is 0 Å². The van der Waals surface area contributed by atoms with Crippen LogP contribution in [0, 0.1) is 0 Å². The molecule has 0 bridgehead atoms. The first kappa shape index (κ1) is 13.3. The van der Waals surface area contributed by atoms with E-state index in [-0.39, 0.29) is 0 Å². The number of carbonyl (C=O) groups is 1. The number of aliphatic carboxylic acids is 1. The summed E-state index contributed by atoms with van der Waals surface area (Å²) < 4.78 is 6.07. The molecule has 0 spiro atoms. The fraction of sp³-hybridized carbons (Fsp3) is 0.545. The molecule has 0 radical (unpaired) electrons. The molecule has 0 saturated heterocycles. The van der Waals surface area contributed by atoms with Gasteiger partial charge in [-0.25, -0.2) is 0 Å². The van der Waals surface area contributed by atoms with Crippen LogP contribution in [0.25, 0.3) is 0 Å². The molecule has 1 atom stereocenters. The molecular formula is C11H16BrNO3. The largest absolute Gasteiger partial charge is 0.480 e. The van der Waals surface area contributed by atoms with E-state index < -0.39 is 11.5 Å². The third-order valence-corrected chi connectivity index (χ3v) is 3.26.